The number of nitro groups is 2. The fraction of sp³-hybridized carbons (Fsp3) is 0.222. The maximum absolute atomic E-state index is 12.9. The van der Waals surface area contributed by atoms with Crippen LogP contribution in [0.4, 0.5) is 11.4 Å². The molecule has 0 radical (unpaired) electrons. The van der Waals surface area contributed by atoms with Gasteiger partial charge in [0.15, 0.2) is 15.6 Å². The molecule has 14 nitrogen and oxygen atoms in total. The molecule has 180 valence electrons. The third-order valence-electron chi connectivity index (χ3n) is 4.89. The Morgan fingerprint density at radius 3 is 1.74 bits per heavy atom. The van der Waals surface area contributed by atoms with Gasteiger partial charge in [0.05, 0.1) is 31.4 Å². The molecule has 0 bridgehead atoms. The van der Waals surface area contributed by atoms with Crippen LogP contribution in [0.3, 0.4) is 0 Å². The quantitative estimate of drug-likeness (QED) is 0.424. The molecule has 1 saturated heterocycles. The minimum Gasteiger partial charge on any atom is -0.298 e. The van der Waals surface area contributed by atoms with Crippen molar-refractivity contribution in [3.8, 4) is 0 Å². The topological polar surface area (TPSA) is 204 Å². The Balaban J connectivity index is 1.84. The highest BCUT2D eigenvalue weighted by molar-refractivity contribution is 7.92. The van der Waals surface area contributed by atoms with Crippen LogP contribution in [-0.4, -0.2) is 54.6 Å². The summed E-state index contributed by atoms with van der Waals surface area (Å²) in [6, 6.07) is 7.66. The number of hydrazine groups is 1. The maximum atomic E-state index is 12.9. The molecular weight excluding hydrogens is 496 g/mol. The predicted molar refractivity (Wildman–Crippen MR) is 113 cm³/mol. The average molecular weight is 512 g/mol. The lowest BCUT2D eigenvalue weighted by atomic mass is 10.1. The summed E-state index contributed by atoms with van der Waals surface area (Å²) in [5.41, 5.74) is 1.28. The molecule has 1 N–H and O–H groups in total. The smallest absolute Gasteiger partial charge is 0.269 e. The number of sulfone groups is 1. The Labute approximate surface area is 192 Å². The number of hydrogen-bond acceptors (Lipinski definition) is 10. The van der Waals surface area contributed by atoms with Gasteiger partial charge in [-0.15, -0.1) is 4.41 Å². The van der Waals surface area contributed by atoms with Gasteiger partial charge in [0.25, 0.3) is 21.4 Å². The Morgan fingerprint density at radius 1 is 0.794 bits per heavy atom. The molecule has 1 amide bonds. The van der Waals surface area contributed by atoms with Crippen LogP contribution in [0.15, 0.2) is 58.3 Å². The first kappa shape index (κ1) is 24.9. The fourth-order valence-corrected chi connectivity index (χ4v) is 6.11. The summed E-state index contributed by atoms with van der Waals surface area (Å²) in [5, 5.41) is 20.0. The van der Waals surface area contributed by atoms with Gasteiger partial charge in [-0.05, 0) is 24.3 Å². The van der Waals surface area contributed by atoms with E-state index in [0.717, 1.165) is 48.5 Å². The van der Waals surface area contributed by atoms with E-state index in [1.54, 1.807) is 0 Å². The van der Waals surface area contributed by atoms with Crippen molar-refractivity contribution >= 4 is 42.9 Å². The van der Waals surface area contributed by atoms with E-state index in [-0.39, 0.29) is 16.3 Å². The van der Waals surface area contributed by atoms with Crippen molar-refractivity contribution in [2.45, 2.75) is 27.9 Å². The number of carbonyl (C=O) groups excluding carboxylic acids is 2. The van der Waals surface area contributed by atoms with E-state index in [0.29, 0.717) is 4.41 Å². The van der Waals surface area contributed by atoms with Crippen molar-refractivity contribution in [3.63, 3.8) is 0 Å². The molecule has 0 aromatic heterocycles. The van der Waals surface area contributed by atoms with Crippen LogP contribution in [-0.2, 0) is 29.4 Å². The molecular formula is C18H16N4O10S2. The molecule has 0 spiro atoms. The number of benzene rings is 2. The van der Waals surface area contributed by atoms with E-state index >= 15 is 0 Å². The van der Waals surface area contributed by atoms with Crippen molar-refractivity contribution in [2.75, 3.05) is 6.54 Å². The summed E-state index contributed by atoms with van der Waals surface area (Å²) in [6.45, 7) is -0.878. The summed E-state index contributed by atoms with van der Waals surface area (Å²) >= 11 is 0. The normalized spacial score (nSPS) is 17.9. The van der Waals surface area contributed by atoms with Gasteiger partial charge in [-0.3, -0.25) is 35.2 Å². The lowest BCUT2D eigenvalue weighted by Gasteiger charge is -2.27. The number of amides is 1. The average Bonchev–Trinajstić information content (AvgIpc) is 2.77. The zero-order valence-electron chi connectivity index (χ0n) is 17.1. The van der Waals surface area contributed by atoms with E-state index in [9.17, 15) is 46.7 Å². The first-order chi connectivity index (χ1) is 15.8. The number of nitrogens with zero attached hydrogens (tertiary/aromatic N) is 3. The minimum absolute atomic E-state index is 0.334. The van der Waals surface area contributed by atoms with Gasteiger partial charge in [0, 0.05) is 37.1 Å². The number of hydrogen-bond donors (Lipinski definition) is 1. The number of rotatable bonds is 6. The number of nitro benzene ring substituents is 2. The highest BCUT2D eigenvalue weighted by atomic mass is 32.2. The van der Waals surface area contributed by atoms with Crippen LogP contribution >= 0.6 is 0 Å². The SMILES string of the molecule is O=C1CC(S(=O)(=O)c2ccc([N+](=O)[O-])cc2)CC(=O)NN(S(=O)(=O)c2ccc([N+](=O)[O-])cc2)C1. The number of ketones is 1. The summed E-state index contributed by atoms with van der Waals surface area (Å²) in [7, 11) is -8.75. The molecule has 1 aliphatic heterocycles. The monoisotopic (exact) mass is 512 g/mol. The highest BCUT2D eigenvalue weighted by Gasteiger charge is 2.38. The van der Waals surface area contributed by atoms with E-state index < -0.39 is 70.9 Å². The van der Waals surface area contributed by atoms with Gasteiger partial charge in [0.2, 0.25) is 5.91 Å². The molecule has 0 saturated carbocycles. The van der Waals surface area contributed by atoms with Crippen molar-refractivity contribution in [1.29, 1.82) is 0 Å². The zero-order chi connectivity index (χ0) is 25.3. The standard InChI is InChI=1S/C18H16N4O10S2/c23-14-9-17(33(29,30)15-5-1-12(2-6-15)21(25)26)10-18(24)19-20(11-14)34(31,32)16-7-3-13(4-8-16)22(27)28/h1-8,17H,9-11H2,(H,19,24). The van der Waals surface area contributed by atoms with E-state index in [2.05, 4.69) is 0 Å². The Hall–Kier alpha value is -3.76. The number of non-ortho nitro benzene ring substituents is 2. The van der Waals surface area contributed by atoms with Crippen LogP contribution in [0.1, 0.15) is 12.8 Å². The second kappa shape index (κ2) is 9.24. The molecule has 1 unspecified atom stereocenters. The van der Waals surface area contributed by atoms with E-state index in [4.69, 9.17) is 0 Å². The third kappa shape index (κ3) is 5.08. The minimum atomic E-state index is -4.48. The highest BCUT2D eigenvalue weighted by Crippen LogP contribution is 2.26. The Morgan fingerprint density at radius 2 is 1.26 bits per heavy atom. The number of nitrogens with one attached hydrogen (secondary N) is 1. The molecule has 16 heteroatoms. The summed E-state index contributed by atoms with van der Waals surface area (Å²) < 4.78 is 51.9. The van der Waals surface area contributed by atoms with Crippen molar-refractivity contribution in [1.82, 2.24) is 9.84 Å². The van der Waals surface area contributed by atoms with Crippen LogP contribution in [0.25, 0.3) is 0 Å². The van der Waals surface area contributed by atoms with Crippen LogP contribution in [0, 0.1) is 20.2 Å². The molecule has 1 atom stereocenters. The molecule has 2 aromatic rings. The van der Waals surface area contributed by atoms with Crippen molar-refractivity contribution in [3.05, 3.63) is 68.8 Å². The lowest BCUT2D eigenvalue weighted by Crippen LogP contribution is -2.52. The Kier molecular flexibility index (Phi) is 6.76. The number of sulfonamides is 1. The third-order valence-corrected chi connectivity index (χ3v) is 8.70. The molecule has 1 aliphatic rings. The summed E-state index contributed by atoms with van der Waals surface area (Å²) in [6.07, 6.45) is -1.43. The van der Waals surface area contributed by atoms with Gasteiger partial charge in [0.1, 0.15) is 0 Å². The van der Waals surface area contributed by atoms with Gasteiger partial charge in [-0.1, -0.05) is 0 Å². The molecule has 34 heavy (non-hydrogen) atoms. The Bertz CT molecular complexity index is 1250. The first-order valence-electron chi connectivity index (χ1n) is 9.39. The first-order valence-corrected chi connectivity index (χ1v) is 12.4. The van der Waals surface area contributed by atoms with Gasteiger partial charge in [-0.25, -0.2) is 16.8 Å². The van der Waals surface area contributed by atoms with Crippen LogP contribution < -0.4 is 5.43 Å². The number of carbonyl (C=O) groups is 2. The molecule has 3 rings (SSSR count). The van der Waals surface area contributed by atoms with Crippen LogP contribution in [0.2, 0.25) is 0 Å². The van der Waals surface area contributed by atoms with Crippen molar-refractivity contribution < 1.29 is 36.3 Å². The molecule has 2 aromatic carbocycles. The molecule has 0 aliphatic carbocycles. The summed E-state index contributed by atoms with van der Waals surface area (Å²) in [5.74, 6) is -1.82. The van der Waals surface area contributed by atoms with Crippen LogP contribution in [0.5, 0.6) is 0 Å². The predicted octanol–water partition coefficient (Wildman–Crippen LogP) is 0.730. The van der Waals surface area contributed by atoms with Gasteiger partial charge >= 0.3 is 0 Å². The second-order valence-corrected chi connectivity index (χ2v) is 11.3. The van der Waals surface area contributed by atoms with Gasteiger partial charge < -0.3 is 0 Å². The zero-order valence-corrected chi connectivity index (χ0v) is 18.7. The maximum Gasteiger partial charge on any atom is 0.269 e. The second-order valence-electron chi connectivity index (χ2n) is 7.16. The van der Waals surface area contributed by atoms with E-state index in [1.807, 2.05) is 5.43 Å². The molecule has 1 heterocycles. The largest absolute Gasteiger partial charge is 0.298 e. The lowest BCUT2D eigenvalue weighted by molar-refractivity contribution is -0.385. The van der Waals surface area contributed by atoms with Gasteiger partial charge in [-0.2, -0.15) is 0 Å². The fourth-order valence-electron chi connectivity index (χ4n) is 3.16. The molecule has 1 fully saturated rings. The van der Waals surface area contributed by atoms with E-state index in [1.165, 1.54) is 0 Å². The number of Topliss-reactive ketones (excluding diaryl/α,β-unsaturated/α-hetero) is 1. The summed E-state index contributed by atoms with van der Waals surface area (Å²) in [4.78, 5) is 44.3. The van der Waals surface area contributed by atoms with Crippen molar-refractivity contribution in [2.24, 2.45) is 0 Å².